The van der Waals surface area contributed by atoms with Crippen LogP contribution in [0, 0.1) is 11.8 Å². The fourth-order valence-electron chi connectivity index (χ4n) is 6.00. The highest BCUT2D eigenvalue weighted by Crippen LogP contribution is 2.31. The Morgan fingerprint density at radius 3 is 2.60 bits per heavy atom. The number of amides is 1. The second-order valence-corrected chi connectivity index (χ2v) is 10.5. The van der Waals surface area contributed by atoms with Crippen molar-refractivity contribution in [3.8, 4) is 0 Å². The van der Waals surface area contributed by atoms with Crippen LogP contribution in [0.1, 0.15) is 36.8 Å². The SMILES string of the molecule is O=C(CCC[C@H]1NCC2CC1CN(Cc1ccccc1)C2)NCc1ccc(N2CCOCC2)cc1. The van der Waals surface area contributed by atoms with Gasteiger partial charge in [0.2, 0.25) is 5.91 Å². The summed E-state index contributed by atoms with van der Waals surface area (Å²) in [6.45, 7) is 8.59. The molecule has 3 saturated heterocycles. The first-order chi connectivity index (χ1) is 17.2. The smallest absolute Gasteiger partial charge is 0.220 e. The number of rotatable bonds is 9. The number of morpholine rings is 1. The molecule has 2 aromatic rings. The van der Waals surface area contributed by atoms with Gasteiger partial charge in [-0.1, -0.05) is 42.5 Å². The molecular weight excluding hydrogens is 436 g/mol. The summed E-state index contributed by atoms with van der Waals surface area (Å²) in [5.74, 6) is 1.61. The van der Waals surface area contributed by atoms with Crippen molar-refractivity contribution in [3.63, 3.8) is 0 Å². The average molecular weight is 477 g/mol. The minimum Gasteiger partial charge on any atom is -0.378 e. The molecule has 0 aromatic heterocycles. The Morgan fingerprint density at radius 2 is 1.80 bits per heavy atom. The van der Waals surface area contributed by atoms with Gasteiger partial charge in [0.25, 0.3) is 0 Å². The normalized spacial score (nSPS) is 24.8. The second kappa shape index (κ2) is 12.0. The Kier molecular flexibility index (Phi) is 8.34. The molecule has 3 atom stereocenters. The number of hydrogen-bond donors (Lipinski definition) is 2. The summed E-state index contributed by atoms with van der Waals surface area (Å²) in [7, 11) is 0. The number of fused-ring (bicyclic) bond motifs is 2. The van der Waals surface area contributed by atoms with Gasteiger partial charge in [-0.3, -0.25) is 9.69 Å². The molecule has 2 bridgehead atoms. The van der Waals surface area contributed by atoms with E-state index in [9.17, 15) is 4.79 Å². The molecule has 2 aromatic carbocycles. The van der Waals surface area contributed by atoms with Crippen LogP contribution in [0.2, 0.25) is 0 Å². The van der Waals surface area contributed by atoms with Crippen LogP contribution in [0.15, 0.2) is 54.6 Å². The summed E-state index contributed by atoms with van der Waals surface area (Å²) >= 11 is 0. The zero-order valence-electron chi connectivity index (χ0n) is 20.8. The van der Waals surface area contributed by atoms with Crippen LogP contribution in [-0.2, 0) is 22.6 Å². The van der Waals surface area contributed by atoms with E-state index in [0.717, 1.165) is 70.3 Å². The van der Waals surface area contributed by atoms with Gasteiger partial charge in [0, 0.05) is 57.4 Å². The largest absolute Gasteiger partial charge is 0.378 e. The predicted molar refractivity (Wildman–Crippen MR) is 140 cm³/mol. The van der Waals surface area contributed by atoms with Crippen molar-refractivity contribution in [1.29, 1.82) is 0 Å². The molecule has 5 rings (SSSR count). The van der Waals surface area contributed by atoms with Crippen molar-refractivity contribution in [3.05, 3.63) is 65.7 Å². The molecule has 35 heavy (non-hydrogen) atoms. The summed E-state index contributed by atoms with van der Waals surface area (Å²) in [6.07, 6.45) is 3.96. The lowest BCUT2D eigenvalue weighted by atomic mass is 9.79. The van der Waals surface area contributed by atoms with Crippen LogP contribution in [0.3, 0.4) is 0 Å². The molecule has 3 fully saturated rings. The fourth-order valence-corrected chi connectivity index (χ4v) is 6.00. The maximum absolute atomic E-state index is 12.5. The van der Waals surface area contributed by atoms with E-state index in [2.05, 4.69) is 75.0 Å². The van der Waals surface area contributed by atoms with Crippen LogP contribution in [0.25, 0.3) is 0 Å². The number of carbonyl (C=O) groups is 1. The minimum atomic E-state index is 0.158. The van der Waals surface area contributed by atoms with Gasteiger partial charge in [-0.05, 0) is 60.9 Å². The summed E-state index contributed by atoms with van der Waals surface area (Å²) in [5, 5.41) is 6.91. The Bertz CT molecular complexity index is 929. The van der Waals surface area contributed by atoms with Crippen LogP contribution in [0.4, 0.5) is 5.69 Å². The van der Waals surface area contributed by atoms with Crippen LogP contribution < -0.4 is 15.5 Å². The number of piperidine rings is 2. The van der Waals surface area contributed by atoms with E-state index >= 15 is 0 Å². The molecule has 2 N–H and O–H groups in total. The van der Waals surface area contributed by atoms with Crippen LogP contribution in [-0.4, -0.2) is 62.8 Å². The molecule has 0 spiro atoms. The maximum atomic E-state index is 12.5. The molecule has 0 aliphatic carbocycles. The Balaban J connectivity index is 1.02. The van der Waals surface area contributed by atoms with Gasteiger partial charge in [-0.15, -0.1) is 0 Å². The highest BCUT2D eigenvalue weighted by molar-refractivity contribution is 5.75. The van der Waals surface area contributed by atoms with E-state index in [1.54, 1.807) is 0 Å². The standard InChI is InChI=1S/C29H40N4O2/c34-29(31-18-23-9-11-27(12-10-23)33-13-15-35-16-14-33)8-4-7-28-26-17-25(19-30-28)21-32(22-26)20-24-5-2-1-3-6-24/h1-3,5-6,9-12,25-26,28,30H,4,7-8,13-22H2,(H,31,34)/t25?,26?,28-/m1/s1. The third kappa shape index (κ3) is 6.84. The Morgan fingerprint density at radius 1 is 1.00 bits per heavy atom. The number of likely N-dealkylation sites (tertiary alicyclic amines) is 1. The fraction of sp³-hybridized carbons (Fsp3) is 0.552. The van der Waals surface area contributed by atoms with Gasteiger partial charge in [-0.25, -0.2) is 0 Å². The zero-order valence-corrected chi connectivity index (χ0v) is 20.8. The molecule has 2 unspecified atom stereocenters. The number of nitrogens with zero attached hydrogens (tertiary/aromatic N) is 2. The Labute approximate surface area is 210 Å². The maximum Gasteiger partial charge on any atom is 0.220 e. The van der Waals surface area contributed by atoms with Gasteiger partial charge in [0.05, 0.1) is 13.2 Å². The third-order valence-corrected chi connectivity index (χ3v) is 7.85. The van der Waals surface area contributed by atoms with E-state index < -0.39 is 0 Å². The van der Waals surface area contributed by atoms with Crippen LogP contribution >= 0.6 is 0 Å². The van der Waals surface area contributed by atoms with Crippen molar-refractivity contribution in [2.24, 2.45) is 11.8 Å². The van der Waals surface area contributed by atoms with Gasteiger partial charge in [0.1, 0.15) is 0 Å². The molecule has 6 nitrogen and oxygen atoms in total. The molecule has 0 saturated carbocycles. The molecule has 3 aliphatic rings. The number of carbonyl (C=O) groups excluding carboxylic acids is 1. The molecular formula is C29H40N4O2. The number of benzene rings is 2. The van der Waals surface area contributed by atoms with Crippen molar-refractivity contribution in [2.45, 2.75) is 44.8 Å². The van der Waals surface area contributed by atoms with Gasteiger partial charge >= 0.3 is 0 Å². The number of ether oxygens (including phenoxy) is 1. The molecule has 1 amide bonds. The molecule has 188 valence electrons. The molecule has 6 heteroatoms. The van der Waals surface area contributed by atoms with Gasteiger partial charge < -0.3 is 20.3 Å². The monoisotopic (exact) mass is 476 g/mol. The molecule has 3 aliphatic heterocycles. The molecule has 3 heterocycles. The topological polar surface area (TPSA) is 56.8 Å². The second-order valence-electron chi connectivity index (χ2n) is 10.5. The van der Waals surface area contributed by atoms with Crippen LogP contribution in [0.5, 0.6) is 0 Å². The number of nitrogens with one attached hydrogen (secondary N) is 2. The third-order valence-electron chi connectivity index (χ3n) is 7.85. The molecule has 0 radical (unpaired) electrons. The first kappa shape index (κ1) is 24.3. The highest BCUT2D eigenvalue weighted by atomic mass is 16.5. The van der Waals surface area contributed by atoms with Gasteiger partial charge in [-0.2, -0.15) is 0 Å². The van der Waals surface area contributed by atoms with E-state index in [-0.39, 0.29) is 5.91 Å². The van der Waals surface area contributed by atoms with Crippen molar-refractivity contribution in [2.75, 3.05) is 50.8 Å². The number of anilines is 1. The predicted octanol–water partition coefficient (Wildman–Crippen LogP) is 3.42. The van der Waals surface area contributed by atoms with Crippen molar-refractivity contribution >= 4 is 11.6 Å². The quantitative estimate of drug-likeness (QED) is 0.581. The van der Waals surface area contributed by atoms with Gasteiger partial charge in [0.15, 0.2) is 0 Å². The van der Waals surface area contributed by atoms with Crippen molar-refractivity contribution in [1.82, 2.24) is 15.5 Å². The van der Waals surface area contributed by atoms with E-state index in [1.165, 1.54) is 24.2 Å². The Hall–Kier alpha value is -2.41. The minimum absolute atomic E-state index is 0.158. The highest BCUT2D eigenvalue weighted by Gasteiger charge is 2.36. The summed E-state index contributed by atoms with van der Waals surface area (Å²) in [6, 6.07) is 19.9. The summed E-state index contributed by atoms with van der Waals surface area (Å²) in [4.78, 5) is 17.5. The lowest BCUT2D eigenvalue weighted by Gasteiger charge is -2.46. The van der Waals surface area contributed by atoms with E-state index in [4.69, 9.17) is 4.74 Å². The van der Waals surface area contributed by atoms with E-state index in [0.29, 0.717) is 24.9 Å². The lowest BCUT2D eigenvalue weighted by molar-refractivity contribution is -0.121. The number of hydrogen-bond acceptors (Lipinski definition) is 5. The average Bonchev–Trinajstić information content (AvgIpc) is 2.90. The summed E-state index contributed by atoms with van der Waals surface area (Å²) in [5.41, 5.74) is 3.79. The first-order valence-electron chi connectivity index (χ1n) is 13.4. The van der Waals surface area contributed by atoms with E-state index in [1.807, 2.05) is 0 Å². The zero-order chi connectivity index (χ0) is 23.9. The lowest BCUT2D eigenvalue weighted by Crippen LogP contribution is -2.55. The summed E-state index contributed by atoms with van der Waals surface area (Å²) < 4.78 is 5.43. The first-order valence-corrected chi connectivity index (χ1v) is 13.4. The van der Waals surface area contributed by atoms with Crippen molar-refractivity contribution < 1.29 is 9.53 Å².